The largest absolute Gasteiger partial charge is 0.309 e. The lowest BCUT2D eigenvalue weighted by atomic mass is 9.89. The monoisotopic (exact) mass is 463 g/mol. The fourth-order valence-corrected chi connectivity index (χ4v) is 6.19. The summed E-state index contributed by atoms with van der Waals surface area (Å²) in [4.78, 5) is 21.4. The van der Waals surface area contributed by atoms with Crippen molar-refractivity contribution >= 4 is 33.3 Å². The van der Waals surface area contributed by atoms with Crippen LogP contribution in [0.1, 0.15) is 49.7 Å². The van der Waals surface area contributed by atoms with Gasteiger partial charge in [0.1, 0.15) is 16.5 Å². The van der Waals surface area contributed by atoms with Gasteiger partial charge in [-0.15, -0.1) is 28.1 Å². The topological polar surface area (TPSA) is 76.5 Å². The summed E-state index contributed by atoms with van der Waals surface area (Å²) in [5, 5.41) is 12.5. The maximum atomic E-state index is 12.9. The third-order valence-corrected chi connectivity index (χ3v) is 7.79. The minimum absolute atomic E-state index is 0.0962. The van der Waals surface area contributed by atoms with Crippen molar-refractivity contribution in [2.24, 2.45) is 0 Å². The van der Waals surface area contributed by atoms with Crippen molar-refractivity contribution in [2.75, 3.05) is 0 Å². The summed E-state index contributed by atoms with van der Waals surface area (Å²) >= 11 is 3.07. The molecule has 0 unspecified atom stereocenters. The molecule has 0 amide bonds. The van der Waals surface area contributed by atoms with E-state index in [1.165, 1.54) is 43.4 Å². The summed E-state index contributed by atoms with van der Waals surface area (Å²) in [5.74, 6) is 2.72. The molecule has 0 saturated heterocycles. The van der Waals surface area contributed by atoms with Crippen molar-refractivity contribution < 1.29 is 0 Å². The first-order valence-electron chi connectivity index (χ1n) is 11.0. The first kappa shape index (κ1) is 21.2. The number of hydrogen-bond donors (Lipinski definition) is 1. The van der Waals surface area contributed by atoms with Gasteiger partial charge in [0, 0.05) is 23.4 Å². The summed E-state index contributed by atoms with van der Waals surface area (Å²) in [7, 11) is 0. The number of allylic oxidation sites excluding steroid dienone is 1. The highest BCUT2D eigenvalue weighted by molar-refractivity contribution is 7.98. The van der Waals surface area contributed by atoms with Crippen molar-refractivity contribution in [1.82, 2.24) is 24.7 Å². The molecule has 3 aromatic heterocycles. The van der Waals surface area contributed by atoms with Gasteiger partial charge in [-0.25, -0.2) is 4.98 Å². The molecule has 0 bridgehead atoms. The Kier molecular flexibility index (Phi) is 6.23. The lowest BCUT2D eigenvalue weighted by Crippen LogP contribution is -2.13. The summed E-state index contributed by atoms with van der Waals surface area (Å²) in [5.41, 5.74) is 1.86. The van der Waals surface area contributed by atoms with Crippen molar-refractivity contribution in [3.63, 3.8) is 0 Å². The van der Waals surface area contributed by atoms with Crippen LogP contribution in [0.3, 0.4) is 0 Å². The molecular formula is C24H25N5OS2. The van der Waals surface area contributed by atoms with E-state index in [2.05, 4.69) is 26.3 Å². The van der Waals surface area contributed by atoms with E-state index in [1.807, 2.05) is 41.8 Å². The van der Waals surface area contributed by atoms with Gasteiger partial charge < -0.3 is 9.55 Å². The van der Waals surface area contributed by atoms with Crippen LogP contribution in [0.15, 0.2) is 58.3 Å². The lowest BCUT2D eigenvalue weighted by molar-refractivity contribution is 0.415. The number of aromatic amines is 1. The average Bonchev–Trinajstić information content (AvgIpc) is 3.44. The number of nitrogens with zero attached hydrogens (tertiary/aromatic N) is 4. The van der Waals surface area contributed by atoms with E-state index >= 15 is 0 Å². The molecule has 1 saturated carbocycles. The van der Waals surface area contributed by atoms with Crippen LogP contribution < -0.4 is 5.56 Å². The number of rotatable bonds is 7. The normalized spacial score (nSPS) is 14.8. The van der Waals surface area contributed by atoms with Gasteiger partial charge in [0.15, 0.2) is 5.16 Å². The van der Waals surface area contributed by atoms with Crippen molar-refractivity contribution in [1.29, 1.82) is 0 Å². The molecule has 0 atom stereocenters. The van der Waals surface area contributed by atoms with Crippen LogP contribution in [-0.2, 0) is 12.3 Å². The van der Waals surface area contributed by atoms with E-state index in [4.69, 9.17) is 4.98 Å². The fraction of sp³-hybridized carbons (Fsp3) is 0.333. The lowest BCUT2D eigenvalue weighted by Gasteiger charge is -2.21. The maximum absolute atomic E-state index is 12.9. The number of aromatic nitrogens is 5. The smallest absolute Gasteiger partial charge is 0.260 e. The van der Waals surface area contributed by atoms with Gasteiger partial charge in [-0.3, -0.25) is 4.79 Å². The van der Waals surface area contributed by atoms with Gasteiger partial charge in [0.05, 0.1) is 11.1 Å². The van der Waals surface area contributed by atoms with E-state index in [9.17, 15) is 4.79 Å². The van der Waals surface area contributed by atoms with Gasteiger partial charge >= 0.3 is 0 Å². The van der Waals surface area contributed by atoms with Crippen LogP contribution in [0.5, 0.6) is 0 Å². The second kappa shape index (κ2) is 9.42. The summed E-state index contributed by atoms with van der Waals surface area (Å²) in [6.45, 7) is 4.60. The number of thiophene rings is 1. The molecule has 1 N–H and O–H groups in total. The van der Waals surface area contributed by atoms with Crippen LogP contribution in [0.25, 0.3) is 21.3 Å². The third kappa shape index (κ3) is 4.17. The molecule has 164 valence electrons. The molecular weight excluding hydrogens is 438 g/mol. The molecule has 0 spiro atoms. The average molecular weight is 464 g/mol. The van der Waals surface area contributed by atoms with Gasteiger partial charge in [0.25, 0.3) is 5.56 Å². The highest BCUT2D eigenvalue weighted by atomic mass is 32.2. The van der Waals surface area contributed by atoms with E-state index in [0.29, 0.717) is 29.4 Å². The van der Waals surface area contributed by atoms with Crippen molar-refractivity contribution in [3.8, 4) is 11.1 Å². The Balaban J connectivity index is 1.39. The zero-order chi connectivity index (χ0) is 21.9. The van der Waals surface area contributed by atoms with E-state index in [0.717, 1.165) is 26.9 Å². The molecule has 1 fully saturated rings. The number of hydrogen-bond acceptors (Lipinski definition) is 6. The first-order chi connectivity index (χ1) is 15.7. The SMILES string of the molecule is C=CCn1c(SCc2nc3scc(-c4ccccc4)c3c(=O)[nH]2)nnc1C1CCCCC1. The zero-order valence-corrected chi connectivity index (χ0v) is 19.4. The first-order valence-corrected chi connectivity index (χ1v) is 12.8. The number of benzene rings is 1. The molecule has 1 aliphatic carbocycles. The number of nitrogens with one attached hydrogen (secondary N) is 1. The summed E-state index contributed by atoms with van der Waals surface area (Å²) < 4.78 is 2.17. The van der Waals surface area contributed by atoms with Gasteiger partial charge in [0.2, 0.25) is 0 Å². The third-order valence-electron chi connectivity index (χ3n) is 5.94. The van der Waals surface area contributed by atoms with Gasteiger partial charge in [-0.2, -0.15) is 0 Å². The predicted octanol–water partition coefficient (Wildman–Crippen LogP) is 5.77. The summed E-state index contributed by atoms with van der Waals surface area (Å²) in [6, 6.07) is 9.96. The fourth-order valence-electron chi connectivity index (χ4n) is 4.40. The predicted molar refractivity (Wildman–Crippen MR) is 131 cm³/mol. The van der Waals surface area contributed by atoms with E-state index in [1.54, 1.807) is 11.8 Å². The van der Waals surface area contributed by atoms with Crippen LogP contribution in [0.4, 0.5) is 0 Å². The Morgan fingerprint density at radius 2 is 2.00 bits per heavy atom. The molecule has 8 heteroatoms. The molecule has 1 aliphatic rings. The molecule has 0 radical (unpaired) electrons. The van der Waals surface area contributed by atoms with Gasteiger partial charge in [-0.1, -0.05) is 67.4 Å². The molecule has 32 heavy (non-hydrogen) atoms. The Morgan fingerprint density at radius 3 is 2.78 bits per heavy atom. The van der Waals surface area contributed by atoms with Crippen LogP contribution in [0, 0.1) is 0 Å². The number of H-pyrrole nitrogens is 1. The number of thioether (sulfide) groups is 1. The number of fused-ring (bicyclic) bond motifs is 1. The molecule has 5 rings (SSSR count). The summed E-state index contributed by atoms with van der Waals surface area (Å²) in [6.07, 6.45) is 8.06. The Hall–Kier alpha value is -2.71. The molecule has 1 aromatic carbocycles. The van der Waals surface area contributed by atoms with Gasteiger partial charge in [-0.05, 0) is 18.4 Å². The second-order valence-corrected chi connectivity index (χ2v) is 9.87. The standard InChI is InChI=1S/C24H25N5OS2/c1-2-13-29-21(17-11-7-4-8-12-17)27-28-24(29)32-15-19-25-22(30)20-18(14-31-23(20)26-19)16-9-5-3-6-10-16/h2-3,5-6,9-10,14,17H,1,4,7-8,11-13,15H2,(H,25,26,30). The zero-order valence-electron chi connectivity index (χ0n) is 17.8. The van der Waals surface area contributed by atoms with Crippen LogP contribution >= 0.6 is 23.1 Å². The minimum atomic E-state index is -0.0962. The highest BCUT2D eigenvalue weighted by Gasteiger charge is 2.23. The van der Waals surface area contributed by atoms with Crippen LogP contribution in [-0.4, -0.2) is 24.7 Å². The quantitative estimate of drug-likeness (QED) is 0.278. The van der Waals surface area contributed by atoms with Crippen LogP contribution in [0.2, 0.25) is 0 Å². The van der Waals surface area contributed by atoms with Crippen molar-refractivity contribution in [2.45, 2.75) is 55.5 Å². The molecule has 0 aliphatic heterocycles. The minimum Gasteiger partial charge on any atom is -0.309 e. The second-order valence-electron chi connectivity index (χ2n) is 8.07. The Morgan fingerprint density at radius 1 is 1.19 bits per heavy atom. The maximum Gasteiger partial charge on any atom is 0.260 e. The highest BCUT2D eigenvalue weighted by Crippen LogP contribution is 2.34. The molecule has 4 aromatic rings. The van der Waals surface area contributed by atoms with E-state index < -0.39 is 0 Å². The van der Waals surface area contributed by atoms with E-state index in [-0.39, 0.29) is 5.56 Å². The van der Waals surface area contributed by atoms with Crippen molar-refractivity contribution in [3.05, 3.63) is 70.4 Å². The Bertz CT molecular complexity index is 1280. The molecule has 3 heterocycles. The molecule has 6 nitrogen and oxygen atoms in total. The Labute approximate surface area is 194 Å².